The van der Waals surface area contributed by atoms with Crippen LogP contribution in [0, 0.1) is 34.5 Å². The average molecular weight is 435 g/mol. The summed E-state index contributed by atoms with van der Waals surface area (Å²) in [5.74, 6) is 2.71. The van der Waals surface area contributed by atoms with Crippen LogP contribution in [-0.4, -0.2) is 46.0 Å². The van der Waals surface area contributed by atoms with Gasteiger partial charge in [0.15, 0.2) is 0 Å². The smallest absolute Gasteiger partial charge is 0.331 e. The molecule has 0 radical (unpaired) electrons. The van der Waals surface area contributed by atoms with E-state index in [0.717, 1.165) is 42.9 Å². The quantitative estimate of drug-likeness (QED) is 0.645. The Labute approximate surface area is 185 Å². The second kappa shape index (κ2) is 7.52. The molecule has 0 unspecified atom stereocenters. The van der Waals surface area contributed by atoms with E-state index < -0.39 is 5.60 Å². The Morgan fingerprint density at radius 3 is 2.67 bits per heavy atom. The molecule has 4 fully saturated rings. The van der Waals surface area contributed by atoms with Gasteiger partial charge in [-0.25, -0.2) is 4.79 Å². The molecule has 0 bridgehead atoms. The molecule has 4 nitrogen and oxygen atoms in total. The van der Waals surface area contributed by atoms with Gasteiger partial charge in [-0.1, -0.05) is 13.8 Å². The number of carbonyl (C=O) groups is 1. The molecule has 2 N–H and O–H groups in total. The average Bonchev–Trinajstić information content (AvgIpc) is 3.26. The predicted molar refractivity (Wildman–Crippen MR) is 119 cm³/mol. The molecule has 168 valence electrons. The number of cyclic esters (lactones) is 1. The fourth-order valence-electron chi connectivity index (χ4n) is 8.74. The van der Waals surface area contributed by atoms with E-state index in [1.54, 1.807) is 6.08 Å². The molecule has 0 spiro atoms. The number of thioether (sulfide) groups is 1. The predicted octanol–water partition coefficient (Wildman–Crippen LogP) is 4.34. The number of rotatable bonds is 4. The molecule has 4 saturated carbocycles. The maximum Gasteiger partial charge on any atom is 0.331 e. The number of aliphatic hydroxyl groups is 2. The lowest BCUT2D eigenvalue weighted by atomic mass is 9.43. The summed E-state index contributed by atoms with van der Waals surface area (Å²) >= 11 is 1.96. The van der Waals surface area contributed by atoms with Crippen molar-refractivity contribution in [1.82, 2.24) is 0 Å². The normalized spacial score (nSPS) is 50.3. The third kappa shape index (κ3) is 2.97. The number of fused-ring (bicyclic) bond motifs is 5. The highest BCUT2D eigenvalue weighted by atomic mass is 32.2. The standard InChI is InChI=1S/C25H38O4S/c1-23-8-5-18(30-12-11-26)14-17(23)3-4-21-20(23)6-9-24(2)19(7-10-25(21,24)28)16-13-22(27)29-15-16/h13,17-21,26,28H,3-12,14-15H2,1-2H3/t17-,18+,19-,20+,21-,23+,24-,25+/m1/s1. The molecule has 5 aliphatic rings. The Bertz CT molecular complexity index is 737. The SMILES string of the molecule is C[C@]12CC[C@H](SCCO)C[C@H]1CC[C@@H]1[C@@H]2CC[C@]2(C)[C@@H](C3=CC(=O)OC3)CC[C@]12O. The summed E-state index contributed by atoms with van der Waals surface area (Å²) in [5.41, 5.74) is 0.729. The summed E-state index contributed by atoms with van der Waals surface area (Å²) in [6, 6.07) is 0. The van der Waals surface area contributed by atoms with Gasteiger partial charge in [-0.15, -0.1) is 0 Å². The van der Waals surface area contributed by atoms with E-state index >= 15 is 0 Å². The molecule has 0 amide bonds. The third-order valence-electron chi connectivity index (χ3n) is 10.4. The van der Waals surface area contributed by atoms with Crippen LogP contribution in [0.3, 0.4) is 0 Å². The van der Waals surface area contributed by atoms with Crippen molar-refractivity contribution in [1.29, 1.82) is 0 Å². The van der Waals surface area contributed by atoms with E-state index in [4.69, 9.17) is 4.74 Å². The van der Waals surface area contributed by atoms with Gasteiger partial charge in [-0.05, 0) is 92.4 Å². The van der Waals surface area contributed by atoms with Crippen LogP contribution in [0.1, 0.15) is 71.6 Å². The minimum atomic E-state index is -0.608. The van der Waals surface area contributed by atoms with Gasteiger partial charge >= 0.3 is 5.97 Å². The van der Waals surface area contributed by atoms with Gasteiger partial charge in [-0.3, -0.25) is 0 Å². The monoisotopic (exact) mass is 434 g/mol. The van der Waals surface area contributed by atoms with E-state index in [2.05, 4.69) is 13.8 Å². The summed E-state index contributed by atoms with van der Waals surface area (Å²) in [5, 5.41) is 22.2. The molecular weight excluding hydrogens is 396 g/mol. The number of hydrogen-bond donors (Lipinski definition) is 2. The highest BCUT2D eigenvalue weighted by molar-refractivity contribution is 7.99. The van der Waals surface area contributed by atoms with Crippen molar-refractivity contribution in [2.75, 3.05) is 19.0 Å². The van der Waals surface area contributed by atoms with E-state index in [9.17, 15) is 15.0 Å². The van der Waals surface area contributed by atoms with E-state index in [-0.39, 0.29) is 23.9 Å². The first-order valence-electron chi connectivity index (χ1n) is 12.1. The van der Waals surface area contributed by atoms with Crippen LogP contribution in [0.4, 0.5) is 0 Å². The van der Waals surface area contributed by atoms with Gasteiger partial charge in [0.2, 0.25) is 0 Å². The zero-order valence-electron chi connectivity index (χ0n) is 18.6. The molecule has 5 rings (SSSR count). The highest BCUT2D eigenvalue weighted by Crippen LogP contribution is 2.70. The van der Waals surface area contributed by atoms with E-state index in [1.165, 1.54) is 32.1 Å². The molecule has 0 aromatic rings. The van der Waals surface area contributed by atoms with Crippen molar-refractivity contribution in [2.45, 2.75) is 82.5 Å². The number of ether oxygens (including phenoxy) is 1. The topological polar surface area (TPSA) is 66.8 Å². The Morgan fingerprint density at radius 1 is 1.10 bits per heavy atom. The molecular formula is C25H38O4S. The number of carbonyl (C=O) groups excluding carboxylic acids is 1. The lowest BCUT2D eigenvalue weighted by Crippen LogP contribution is -2.62. The molecule has 1 heterocycles. The van der Waals surface area contributed by atoms with Crippen LogP contribution in [0.15, 0.2) is 11.6 Å². The van der Waals surface area contributed by atoms with Crippen LogP contribution < -0.4 is 0 Å². The fourth-order valence-corrected chi connectivity index (χ4v) is 9.83. The molecule has 5 heteroatoms. The number of hydrogen-bond acceptors (Lipinski definition) is 5. The number of esters is 1. The van der Waals surface area contributed by atoms with Crippen molar-refractivity contribution in [3.8, 4) is 0 Å². The van der Waals surface area contributed by atoms with Crippen LogP contribution >= 0.6 is 11.8 Å². The number of aliphatic hydroxyl groups excluding tert-OH is 1. The lowest BCUT2D eigenvalue weighted by molar-refractivity contribution is -0.203. The van der Waals surface area contributed by atoms with Crippen molar-refractivity contribution < 1.29 is 19.7 Å². The van der Waals surface area contributed by atoms with Gasteiger partial charge < -0.3 is 14.9 Å². The minimum Gasteiger partial charge on any atom is -0.458 e. The van der Waals surface area contributed by atoms with Gasteiger partial charge in [0.25, 0.3) is 0 Å². The highest BCUT2D eigenvalue weighted by Gasteiger charge is 2.67. The fraction of sp³-hybridized carbons (Fsp3) is 0.880. The summed E-state index contributed by atoms with van der Waals surface area (Å²) in [6.07, 6.45) is 12.0. The Morgan fingerprint density at radius 2 is 1.93 bits per heavy atom. The van der Waals surface area contributed by atoms with Crippen molar-refractivity contribution in [3.63, 3.8) is 0 Å². The van der Waals surface area contributed by atoms with E-state index in [0.29, 0.717) is 29.1 Å². The zero-order valence-corrected chi connectivity index (χ0v) is 19.4. The summed E-state index contributed by atoms with van der Waals surface area (Å²) in [6.45, 7) is 5.55. The molecule has 8 atom stereocenters. The lowest BCUT2D eigenvalue weighted by Gasteiger charge is -2.63. The molecule has 1 aliphatic heterocycles. The van der Waals surface area contributed by atoms with E-state index in [1.807, 2.05) is 11.8 Å². The third-order valence-corrected chi connectivity index (χ3v) is 11.7. The van der Waals surface area contributed by atoms with Gasteiger partial charge in [0.1, 0.15) is 6.61 Å². The Hall–Kier alpha value is -0.520. The first-order valence-corrected chi connectivity index (χ1v) is 13.2. The first kappa shape index (κ1) is 21.3. The minimum absolute atomic E-state index is 0.134. The summed E-state index contributed by atoms with van der Waals surface area (Å²) in [4.78, 5) is 11.7. The second-order valence-electron chi connectivity index (χ2n) is 11.3. The van der Waals surface area contributed by atoms with Crippen LogP contribution in [0.2, 0.25) is 0 Å². The maximum atomic E-state index is 12.3. The van der Waals surface area contributed by atoms with Gasteiger partial charge in [0, 0.05) is 22.5 Å². The molecule has 0 aromatic heterocycles. The molecule has 0 saturated heterocycles. The largest absolute Gasteiger partial charge is 0.458 e. The zero-order chi connectivity index (χ0) is 21.1. The summed E-state index contributed by atoms with van der Waals surface area (Å²) in [7, 11) is 0. The first-order chi connectivity index (χ1) is 14.3. The summed E-state index contributed by atoms with van der Waals surface area (Å²) < 4.78 is 5.24. The van der Waals surface area contributed by atoms with Crippen molar-refractivity contribution >= 4 is 17.7 Å². The Balaban J connectivity index is 1.38. The molecule has 30 heavy (non-hydrogen) atoms. The van der Waals surface area contributed by atoms with Gasteiger partial charge in [-0.2, -0.15) is 11.8 Å². The second-order valence-corrected chi connectivity index (χ2v) is 12.7. The van der Waals surface area contributed by atoms with Crippen LogP contribution in [0.25, 0.3) is 0 Å². The Kier molecular flexibility index (Phi) is 5.35. The van der Waals surface area contributed by atoms with Crippen molar-refractivity contribution in [3.05, 3.63) is 11.6 Å². The van der Waals surface area contributed by atoms with Crippen LogP contribution in [-0.2, 0) is 9.53 Å². The van der Waals surface area contributed by atoms with Gasteiger partial charge in [0.05, 0.1) is 12.2 Å². The van der Waals surface area contributed by atoms with Crippen molar-refractivity contribution in [2.24, 2.45) is 34.5 Å². The molecule has 4 aliphatic carbocycles. The van der Waals surface area contributed by atoms with Crippen LogP contribution in [0.5, 0.6) is 0 Å². The maximum absolute atomic E-state index is 12.3. The molecule has 0 aromatic carbocycles.